The highest BCUT2D eigenvalue weighted by molar-refractivity contribution is 5.23. The Hall–Kier alpha value is -0.800. The number of hydrogen-bond donors (Lipinski definition) is 1. The van der Waals surface area contributed by atoms with Crippen molar-refractivity contribution in [3.63, 3.8) is 0 Å². The molecule has 78 valence electrons. The molecule has 0 aliphatic carbocycles. The lowest BCUT2D eigenvalue weighted by atomic mass is 10.1. The second kappa shape index (κ2) is 3.75. The van der Waals surface area contributed by atoms with Crippen LogP contribution in [-0.4, -0.2) is 19.2 Å². The molecule has 0 aromatic carbocycles. The van der Waals surface area contributed by atoms with Crippen molar-refractivity contribution in [1.29, 1.82) is 0 Å². The fraction of sp³-hybridized carbons (Fsp3) is 0.636. The molecule has 2 unspecified atom stereocenters. The van der Waals surface area contributed by atoms with Gasteiger partial charge in [-0.3, -0.25) is 0 Å². The van der Waals surface area contributed by atoms with Gasteiger partial charge in [-0.1, -0.05) is 0 Å². The molecule has 1 fully saturated rings. The zero-order chi connectivity index (χ0) is 10.1. The fourth-order valence-electron chi connectivity index (χ4n) is 1.86. The third-order valence-corrected chi connectivity index (χ3v) is 2.63. The van der Waals surface area contributed by atoms with Crippen molar-refractivity contribution in [2.75, 3.05) is 13.2 Å². The summed E-state index contributed by atoms with van der Waals surface area (Å²) in [5.41, 5.74) is 1.18. The van der Waals surface area contributed by atoms with Crippen LogP contribution in [0.25, 0.3) is 0 Å². The van der Waals surface area contributed by atoms with Crippen LogP contribution in [-0.2, 0) is 4.74 Å². The summed E-state index contributed by atoms with van der Waals surface area (Å²) in [6, 6.07) is 2.53. The van der Waals surface area contributed by atoms with Crippen LogP contribution in [0.2, 0.25) is 0 Å². The van der Waals surface area contributed by atoms with E-state index < -0.39 is 0 Å². The molecule has 0 bridgehead atoms. The zero-order valence-corrected chi connectivity index (χ0v) is 8.96. The predicted molar refractivity (Wildman–Crippen MR) is 54.3 cm³/mol. The molecule has 1 aromatic heterocycles. The van der Waals surface area contributed by atoms with E-state index in [4.69, 9.17) is 9.15 Å². The predicted octanol–water partition coefficient (Wildman–Crippen LogP) is 1.95. The van der Waals surface area contributed by atoms with E-state index in [9.17, 15) is 0 Å². The van der Waals surface area contributed by atoms with Gasteiger partial charge in [0, 0.05) is 18.2 Å². The minimum Gasteiger partial charge on any atom is -0.466 e. The summed E-state index contributed by atoms with van der Waals surface area (Å²) in [4.78, 5) is 0. The van der Waals surface area contributed by atoms with Crippen LogP contribution in [0.3, 0.4) is 0 Å². The van der Waals surface area contributed by atoms with Crippen molar-refractivity contribution in [2.24, 2.45) is 0 Å². The van der Waals surface area contributed by atoms with Gasteiger partial charge < -0.3 is 14.5 Å². The Morgan fingerprint density at radius 3 is 2.71 bits per heavy atom. The average molecular weight is 195 g/mol. The topological polar surface area (TPSA) is 34.4 Å². The van der Waals surface area contributed by atoms with Gasteiger partial charge in [0.2, 0.25) is 0 Å². The summed E-state index contributed by atoms with van der Waals surface area (Å²) in [7, 11) is 0. The van der Waals surface area contributed by atoms with E-state index in [0.717, 1.165) is 24.7 Å². The van der Waals surface area contributed by atoms with Crippen LogP contribution in [0.15, 0.2) is 10.5 Å². The number of morpholine rings is 1. The van der Waals surface area contributed by atoms with E-state index in [-0.39, 0.29) is 6.10 Å². The van der Waals surface area contributed by atoms with E-state index in [1.807, 2.05) is 13.8 Å². The van der Waals surface area contributed by atoms with E-state index in [2.05, 4.69) is 18.3 Å². The van der Waals surface area contributed by atoms with Gasteiger partial charge in [-0.25, -0.2) is 0 Å². The molecule has 0 spiro atoms. The first kappa shape index (κ1) is 9.74. The lowest BCUT2D eigenvalue weighted by Crippen LogP contribution is -2.40. The van der Waals surface area contributed by atoms with Crippen LogP contribution in [0.4, 0.5) is 0 Å². The van der Waals surface area contributed by atoms with E-state index in [1.165, 1.54) is 5.56 Å². The maximum atomic E-state index is 5.75. The Morgan fingerprint density at radius 2 is 2.21 bits per heavy atom. The molecule has 1 aromatic rings. The Morgan fingerprint density at radius 1 is 1.43 bits per heavy atom. The zero-order valence-electron chi connectivity index (χ0n) is 8.96. The molecule has 0 amide bonds. The molecule has 0 radical (unpaired) electrons. The first-order valence-electron chi connectivity index (χ1n) is 5.08. The Balaban J connectivity index is 2.11. The molecule has 3 heteroatoms. The molecule has 2 heterocycles. The molecule has 2 atom stereocenters. The number of hydrogen-bond acceptors (Lipinski definition) is 3. The quantitative estimate of drug-likeness (QED) is 0.743. The molecule has 1 aliphatic rings. The molecule has 1 saturated heterocycles. The molecule has 1 N–H and O–H groups in total. The summed E-state index contributed by atoms with van der Waals surface area (Å²) in [6.07, 6.45) is 0.156. The van der Waals surface area contributed by atoms with Crippen molar-refractivity contribution >= 4 is 0 Å². The molecule has 1 aliphatic heterocycles. The maximum absolute atomic E-state index is 5.75. The summed E-state index contributed by atoms with van der Waals surface area (Å²) in [6.45, 7) is 7.73. The number of nitrogens with one attached hydrogen (secondary N) is 1. The smallest absolute Gasteiger partial charge is 0.106 e. The highest BCUT2D eigenvalue weighted by Crippen LogP contribution is 2.25. The molecular weight excluding hydrogens is 178 g/mol. The van der Waals surface area contributed by atoms with Crippen LogP contribution in [0.1, 0.15) is 30.1 Å². The van der Waals surface area contributed by atoms with Gasteiger partial charge in [-0.2, -0.15) is 0 Å². The van der Waals surface area contributed by atoms with Gasteiger partial charge in [-0.05, 0) is 26.8 Å². The van der Waals surface area contributed by atoms with E-state index in [0.29, 0.717) is 6.04 Å². The highest BCUT2D eigenvalue weighted by atomic mass is 16.5. The van der Waals surface area contributed by atoms with Crippen molar-refractivity contribution in [3.8, 4) is 0 Å². The second-order valence-electron chi connectivity index (χ2n) is 4.00. The van der Waals surface area contributed by atoms with Gasteiger partial charge in [0.1, 0.15) is 11.5 Å². The van der Waals surface area contributed by atoms with Crippen molar-refractivity contribution < 1.29 is 9.15 Å². The number of aryl methyl sites for hydroxylation is 2. The monoisotopic (exact) mass is 195 g/mol. The maximum Gasteiger partial charge on any atom is 0.106 e. The van der Waals surface area contributed by atoms with Crippen LogP contribution < -0.4 is 5.32 Å². The van der Waals surface area contributed by atoms with Crippen molar-refractivity contribution in [1.82, 2.24) is 5.32 Å². The number of rotatable bonds is 1. The number of furan rings is 1. The van der Waals surface area contributed by atoms with Crippen LogP contribution >= 0.6 is 0 Å². The van der Waals surface area contributed by atoms with Gasteiger partial charge in [0.25, 0.3) is 0 Å². The summed E-state index contributed by atoms with van der Waals surface area (Å²) < 4.78 is 11.2. The Labute approximate surface area is 84.4 Å². The summed E-state index contributed by atoms with van der Waals surface area (Å²) >= 11 is 0. The fourth-order valence-corrected chi connectivity index (χ4v) is 1.86. The van der Waals surface area contributed by atoms with Crippen molar-refractivity contribution in [3.05, 3.63) is 23.2 Å². The standard InChI is InChI=1S/C11H17NO2/c1-7-6-13-11(5-12-7)10-4-8(2)14-9(10)3/h4,7,11-12H,5-6H2,1-3H3. The number of ether oxygens (including phenoxy) is 1. The average Bonchev–Trinajstić information content (AvgIpc) is 2.47. The first-order valence-corrected chi connectivity index (χ1v) is 5.08. The Bertz CT molecular complexity index is 311. The van der Waals surface area contributed by atoms with E-state index in [1.54, 1.807) is 0 Å². The second-order valence-corrected chi connectivity index (χ2v) is 4.00. The molecule has 0 saturated carbocycles. The molecule has 2 rings (SSSR count). The molecule has 14 heavy (non-hydrogen) atoms. The third-order valence-electron chi connectivity index (χ3n) is 2.63. The third kappa shape index (κ3) is 1.83. The largest absolute Gasteiger partial charge is 0.466 e. The SMILES string of the molecule is Cc1cc(C2CNC(C)CO2)c(C)o1. The molecule has 3 nitrogen and oxygen atoms in total. The lowest BCUT2D eigenvalue weighted by Gasteiger charge is -2.27. The minimum absolute atomic E-state index is 0.156. The van der Waals surface area contributed by atoms with Gasteiger partial charge in [0.05, 0.1) is 12.7 Å². The van der Waals surface area contributed by atoms with Gasteiger partial charge >= 0.3 is 0 Å². The normalized spacial score (nSPS) is 27.9. The minimum atomic E-state index is 0.156. The van der Waals surface area contributed by atoms with Crippen molar-refractivity contribution in [2.45, 2.75) is 32.9 Å². The highest BCUT2D eigenvalue weighted by Gasteiger charge is 2.22. The van der Waals surface area contributed by atoms with Crippen LogP contribution in [0.5, 0.6) is 0 Å². The summed E-state index contributed by atoms with van der Waals surface area (Å²) in [5, 5.41) is 3.40. The van der Waals surface area contributed by atoms with Gasteiger partial charge in [0.15, 0.2) is 0 Å². The first-order chi connectivity index (χ1) is 6.66. The summed E-state index contributed by atoms with van der Waals surface area (Å²) in [5.74, 6) is 1.93. The van der Waals surface area contributed by atoms with Crippen LogP contribution in [0, 0.1) is 13.8 Å². The molecular formula is C11H17NO2. The Kier molecular flexibility index (Phi) is 2.61. The lowest BCUT2D eigenvalue weighted by molar-refractivity contribution is 0.00619. The van der Waals surface area contributed by atoms with Gasteiger partial charge in [-0.15, -0.1) is 0 Å². The van der Waals surface area contributed by atoms with E-state index >= 15 is 0 Å².